The molecule has 4 rings (SSSR count). The van der Waals surface area contributed by atoms with Crippen LogP contribution in [0.15, 0.2) is 48.5 Å². The van der Waals surface area contributed by atoms with E-state index >= 15 is 0 Å². The Morgan fingerprint density at radius 2 is 1.65 bits per heavy atom. The SMILES string of the molecule is O=C(NCCN1CCC2(CC1)C(=O)NCN2c1ccccc1)c1ccc(F)c(F)c1.O=C(O)C(F)(F)F. The first-order chi connectivity index (χ1) is 17.4. The van der Waals surface area contributed by atoms with Crippen LogP contribution in [0.3, 0.4) is 0 Å². The Bertz CT molecular complexity index is 1120. The second-order valence-corrected chi connectivity index (χ2v) is 8.49. The minimum Gasteiger partial charge on any atom is -0.475 e. The van der Waals surface area contributed by atoms with Gasteiger partial charge in [0.05, 0.1) is 6.67 Å². The standard InChI is InChI=1S/C22H24F2N4O2.C2HF3O2/c23-18-7-6-16(14-19(18)24)20(29)25-10-13-27-11-8-22(9-12-27)21(30)26-15-28(22)17-4-2-1-3-5-17;3-2(4,5)1(6)7/h1-7,14H,8-13,15H2,(H,25,29)(H,26,30);(H,6,7). The Hall–Kier alpha value is -3.74. The number of benzene rings is 2. The number of rotatable bonds is 5. The molecule has 8 nitrogen and oxygen atoms in total. The lowest BCUT2D eigenvalue weighted by molar-refractivity contribution is -0.192. The molecule has 2 aliphatic rings. The molecule has 1 spiro atoms. The smallest absolute Gasteiger partial charge is 0.475 e. The van der Waals surface area contributed by atoms with Crippen LogP contribution in [0.4, 0.5) is 27.6 Å². The van der Waals surface area contributed by atoms with Gasteiger partial charge in [0.2, 0.25) is 5.91 Å². The molecule has 2 aromatic carbocycles. The van der Waals surface area contributed by atoms with E-state index in [4.69, 9.17) is 9.90 Å². The second kappa shape index (κ2) is 11.5. The van der Waals surface area contributed by atoms with E-state index in [9.17, 15) is 31.5 Å². The Balaban J connectivity index is 0.000000479. The highest BCUT2D eigenvalue weighted by Gasteiger charge is 2.50. The van der Waals surface area contributed by atoms with Gasteiger partial charge in [-0.05, 0) is 43.2 Å². The van der Waals surface area contributed by atoms with Crippen molar-refractivity contribution in [2.75, 3.05) is 37.7 Å². The number of carboxylic acids is 1. The summed E-state index contributed by atoms with van der Waals surface area (Å²) >= 11 is 0. The molecule has 0 aliphatic carbocycles. The van der Waals surface area contributed by atoms with Gasteiger partial charge >= 0.3 is 12.1 Å². The second-order valence-electron chi connectivity index (χ2n) is 8.49. The maximum Gasteiger partial charge on any atom is 0.490 e. The van der Waals surface area contributed by atoms with E-state index in [2.05, 4.69) is 20.4 Å². The number of likely N-dealkylation sites (tertiary alicyclic amines) is 1. The molecule has 2 aromatic rings. The highest BCUT2D eigenvalue weighted by molar-refractivity contribution is 5.94. The van der Waals surface area contributed by atoms with Crippen molar-refractivity contribution >= 4 is 23.5 Å². The highest BCUT2D eigenvalue weighted by atomic mass is 19.4. The molecule has 0 radical (unpaired) electrons. The van der Waals surface area contributed by atoms with Crippen LogP contribution in [0, 0.1) is 11.6 Å². The van der Waals surface area contributed by atoms with Crippen LogP contribution in [0.1, 0.15) is 23.2 Å². The predicted molar refractivity (Wildman–Crippen MR) is 123 cm³/mol. The lowest BCUT2D eigenvalue weighted by Gasteiger charge is -2.43. The van der Waals surface area contributed by atoms with Crippen molar-refractivity contribution in [1.82, 2.24) is 15.5 Å². The molecule has 200 valence electrons. The third-order valence-corrected chi connectivity index (χ3v) is 6.23. The zero-order valence-electron chi connectivity index (χ0n) is 19.5. The molecular formula is C24H25F5N4O4. The van der Waals surface area contributed by atoms with Gasteiger partial charge in [-0.25, -0.2) is 13.6 Å². The van der Waals surface area contributed by atoms with Crippen LogP contribution >= 0.6 is 0 Å². The van der Waals surface area contributed by atoms with Crippen molar-refractivity contribution in [1.29, 1.82) is 0 Å². The molecule has 37 heavy (non-hydrogen) atoms. The van der Waals surface area contributed by atoms with Gasteiger partial charge < -0.3 is 25.5 Å². The number of hydrogen-bond acceptors (Lipinski definition) is 5. The summed E-state index contributed by atoms with van der Waals surface area (Å²) in [5.74, 6) is -5.14. The number of nitrogens with one attached hydrogen (secondary N) is 2. The van der Waals surface area contributed by atoms with Gasteiger partial charge in [-0.3, -0.25) is 9.59 Å². The fraction of sp³-hybridized carbons (Fsp3) is 0.375. The van der Waals surface area contributed by atoms with Crippen molar-refractivity contribution in [2.24, 2.45) is 0 Å². The number of aliphatic carboxylic acids is 1. The zero-order chi connectivity index (χ0) is 27.2. The molecule has 2 aliphatic heterocycles. The summed E-state index contributed by atoms with van der Waals surface area (Å²) in [5.41, 5.74) is 0.586. The molecule has 13 heteroatoms. The first-order valence-corrected chi connectivity index (χ1v) is 11.3. The Morgan fingerprint density at radius 1 is 1.03 bits per heavy atom. The van der Waals surface area contributed by atoms with Crippen LogP contribution < -0.4 is 15.5 Å². The molecule has 0 saturated carbocycles. The first-order valence-electron chi connectivity index (χ1n) is 11.3. The van der Waals surface area contributed by atoms with Gasteiger partial charge in [-0.1, -0.05) is 18.2 Å². The molecule has 2 heterocycles. The van der Waals surface area contributed by atoms with Crippen molar-refractivity contribution < 1.29 is 41.4 Å². The molecule has 2 fully saturated rings. The third-order valence-electron chi connectivity index (χ3n) is 6.23. The number of carbonyl (C=O) groups is 3. The Kier molecular flexibility index (Phi) is 8.69. The lowest BCUT2D eigenvalue weighted by atomic mass is 9.85. The zero-order valence-corrected chi connectivity index (χ0v) is 19.5. The number of nitrogens with zero attached hydrogens (tertiary/aromatic N) is 2. The Morgan fingerprint density at radius 3 is 2.22 bits per heavy atom. The summed E-state index contributed by atoms with van der Waals surface area (Å²) < 4.78 is 58.0. The molecule has 2 saturated heterocycles. The summed E-state index contributed by atoms with van der Waals surface area (Å²) in [4.78, 5) is 38.0. The normalized spacial score (nSPS) is 17.1. The maximum atomic E-state index is 13.3. The monoisotopic (exact) mass is 528 g/mol. The summed E-state index contributed by atoms with van der Waals surface area (Å²) in [7, 11) is 0. The quantitative estimate of drug-likeness (QED) is 0.516. The number of para-hydroxylation sites is 1. The van der Waals surface area contributed by atoms with Gasteiger partial charge in [0.25, 0.3) is 5.91 Å². The predicted octanol–water partition coefficient (Wildman–Crippen LogP) is 2.76. The van der Waals surface area contributed by atoms with Gasteiger partial charge in [-0.15, -0.1) is 0 Å². The van der Waals surface area contributed by atoms with Crippen molar-refractivity contribution in [2.45, 2.75) is 24.6 Å². The van der Waals surface area contributed by atoms with Crippen LogP contribution in [-0.4, -0.2) is 72.4 Å². The van der Waals surface area contributed by atoms with E-state index in [1.165, 1.54) is 6.07 Å². The van der Waals surface area contributed by atoms with Gasteiger partial charge in [0.1, 0.15) is 5.54 Å². The van der Waals surface area contributed by atoms with Gasteiger partial charge in [0, 0.05) is 37.4 Å². The number of hydrogen-bond donors (Lipinski definition) is 3. The van der Waals surface area contributed by atoms with Crippen molar-refractivity contribution in [3.05, 3.63) is 65.7 Å². The van der Waals surface area contributed by atoms with E-state index in [0.29, 0.717) is 32.6 Å². The molecule has 0 bridgehead atoms. The van der Waals surface area contributed by atoms with Gasteiger partial charge in [-0.2, -0.15) is 13.2 Å². The van der Waals surface area contributed by atoms with Crippen LogP contribution in [0.2, 0.25) is 0 Å². The molecule has 2 amide bonds. The fourth-order valence-electron chi connectivity index (χ4n) is 4.25. The third kappa shape index (κ3) is 6.73. The minimum atomic E-state index is -5.08. The van der Waals surface area contributed by atoms with Crippen LogP contribution in [0.25, 0.3) is 0 Å². The summed E-state index contributed by atoms with van der Waals surface area (Å²) in [6, 6.07) is 13.0. The Labute approximate surface area is 209 Å². The van der Waals surface area contributed by atoms with E-state index in [0.717, 1.165) is 30.9 Å². The number of piperidine rings is 1. The van der Waals surface area contributed by atoms with Gasteiger partial charge in [0.15, 0.2) is 11.6 Å². The highest BCUT2D eigenvalue weighted by Crippen LogP contribution is 2.36. The molecule has 3 N–H and O–H groups in total. The first kappa shape index (κ1) is 27.8. The molecule has 0 aromatic heterocycles. The minimum absolute atomic E-state index is 0.0673. The average molecular weight is 528 g/mol. The fourth-order valence-corrected chi connectivity index (χ4v) is 4.25. The maximum absolute atomic E-state index is 13.3. The van der Waals surface area contributed by atoms with E-state index in [1.807, 2.05) is 30.3 Å². The largest absolute Gasteiger partial charge is 0.490 e. The van der Waals surface area contributed by atoms with Crippen molar-refractivity contribution in [3.63, 3.8) is 0 Å². The average Bonchev–Trinajstić information content (AvgIpc) is 3.17. The summed E-state index contributed by atoms with van der Waals surface area (Å²) in [6.07, 6.45) is -3.68. The lowest BCUT2D eigenvalue weighted by Crippen LogP contribution is -2.57. The summed E-state index contributed by atoms with van der Waals surface area (Å²) in [6.45, 7) is 2.99. The number of carbonyl (C=O) groups excluding carboxylic acids is 2. The van der Waals surface area contributed by atoms with Crippen LogP contribution in [-0.2, 0) is 9.59 Å². The number of amides is 2. The van der Waals surface area contributed by atoms with E-state index < -0.39 is 35.2 Å². The number of halogens is 5. The number of anilines is 1. The van der Waals surface area contributed by atoms with Crippen molar-refractivity contribution in [3.8, 4) is 0 Å². The molecular weight excluding hydrogens is 503 g/mol. The van der Waals surface area contributed by atoms with E-state index in [1.54, 1.807) is 0 Å². The number of carboxylic acid groups (broad SMARTS) is 1. The summed E-state index contributed by atoms with van der Waals surface area (Å²) in [5, 5.41) is 12.8. The molecule has 0 atom stereocenters. The number of alkyl halides is 3. The van der Waals surface area contributed by atoms with Crippen LogP contribution in [0.5, 0.6) is 0 Å². The molecule has 0 unspecified atom stereocenters. The van der Waals surface area contributed by atoms with E-state index in [-0.39, 0.29) is 11.5 Å². The topological polar surface area (TPSA) is 102 Å².